The van der Waals surface area contributed by atoms with Crippen molar-refractivity contribution >= 4 is 11.3 Å². The predicted octanol–water partition coefficient (Wildman–Crippen LogP) is 3.80. The summed E-state index contributed by atoms with van der Waals surface area (Å²) in [6, 6.07) is 7.65. The second kappa shape index (κ2) is 6.92. The van der Waals surface area contributed by atoms with Crippen molar-refractivity contribution in [1.82, 2.24) is 5.32 Å². The van der Waals surface area contributed by atoms with Crippen LogP contribution in [0.3, 0.4) is 0 Å². The van der Waals surface area contributed by atoms with Gasteiger partial charge in [-0.15, -0.1) is 11.3 Å². The maximum atomic E-state index is 13.1. The minimum absolute atomic E-state index is 0.162. The maximum absolute atomic E-state index is 13.1. The molecule has 0 aliphatic rings. The minimum Gasteiger partial charge on any atom is -0.387 e. The molecule has 0 aliphatic heterocycles. The van der Waals surface area contributed by atoms with Crippen LogP contribution in [0.15, 0.2) is 35.7 Å². The van der Waals surface area contributed by atoms with E-state index >= 15 is 0 Å². The van der Waals surface area contributed by atoms with Crippen LogP contribution < -0.4 is 5.32 Å². The molecule has 1 heterocycles. The first-order valence-corrected chi connectivity index (χ1v) is 7.39. The van der Waals surface area contributed by atoms with E-state index in [0.717, 1.165) is 18.6 Å². The monoisotopic (exact) mass is 297 g/mol. The molecule has 0 bridgehead atoms. The van der Waals surface area contributed by atoms with Gasteiger partial charge in [-0.1, -0.05) is 19.1 Å². The average Bonchev–Trinajstić information content (AvgIpc) is 2.96. The summed E-state index contributed by atoms with van der Waals surface area (Å²) in [5.74, 6) is -1.84. The van der Waals surface area contributed by atoms with Gasteiger partial charge in [-0.25, -0.2) is 8.78 Å². The van der Waals surface area contributed by atoms with Crippen molar-refractivity contribution in [2.75, 3.05) is 6.54 Å². The van der Waals surface area contributed by atoms with Crippen LogP contribution in [0.2, 0.25) is 0 Å². The summed E-state index contributed by atoms with van der Waals surface area (Å²) in [4.78, 5) is 1.20. The Balaban J connectivity index is 1.97. The lowest BCUT2D eigenvalue weighted by atomic mass is 10.1. The van der Waals surface area contributed by atoms with Gasteiger partial charge < -0.3 is 10.4 Å². The Labute approximate surface area is 121 Å². The van der Waals surface area contributed by atoms with Crippen LogP contribution in [0.4, 0.5) is 8.78 Å². The topological polar surface area (TPSA) is 32.3 Å². The molecule has 2 aromatic rings. The quantitative estimate of drug-likeness (QED) is 0.850. The van der Waals surface area contributed by atoms with E-state index in [4.69, 9.17) is 0 Å². The maximum Gasteiger partial charge on any atom is 0.159 e. The Kier molecular flexibility index (Phi) is 5.23. The van der Waals surface area contributed by atoms with Gasteiger partial charge >= 0.3 is 0 Å². The fourth-order valence-electron chi connectivity index (χ4n) is 2.03. The zero-order valence-electron chi connectivity index (χ0n) is 11.1. The summed E-state index contributed by atoms with van der Waals surface area (Å²) < 4.78 is 26.0. The molecule has 2 N–H and O–H groups in total. The molecule has 108 valence electrons. The predicted molar refractivity (Wildman–Crippen MR) is 76.7 cm³/mol. The van der Waals surface area contributed by atoms with Crippen LogP contribution in [0.25, 0.3) is 0 Å². The highest BCUT2D eigenvalue weighted by Gasteiger charge is 2.14. The highest BCUT2D eigenvalue weighted by atomic mass is 32.1. The van der Waals surface area contributed by atoms with Crippen LogP contribution in [-0.2, 0) is 0 Å². The van der Waals surface area contributed by atoms with Crippen molar-refractivity contribution in [1.29, 1.82) is 0 Å². The number of rotatable bonds is 6. The summed E-state index contributed by atoms with van der Waals surface area (Å²) in [5.41, 5.74) is 0.373. The van der Waals surface area contributed by atoms with Gasteiger partial charge in [0.1, 0.15) is 0 Å². The van der Waals surface area contributed by atoms with Gasteiger partial charge in [0.25, 0.3) is 0 Å². The Morgan fingerprint density at radius 1 is 1.25 bits per heavy atom. The van der Waals surface area contributed by atoms with Crippen LogP contribution in [0.1, 0.15) is 35.9 Å². The molecule has 0 radical (unpaired) electrons. The molecule has 20 heavy (non-hydrogen) atoms. The molecule has 2 unspecified atom stereocenters. The van der Waals surface area contributed by atoms with E-state index < -0.39 is 17.7 Å². The summed E-state index contributed by atoms with van der Waals surface area (Å²) >= 11 is 1.65. The zero-order valence-corrected chi connectivity index (χ0v) is 12.0. The van der Waals surface area contributed by atoms with Gasteiger partial charge in [0, 0.05) is 17.5 Å². The molecule has 0 aliphatic carbocycles. The number of thiophene rings is 1. The summed E-state index contributed by atoms with van der Waals surface area (Å²) in [6.07, 6.45) is 0.0319. The van der Waals surface area contributed by atoms with Crippen LogP contribution >= 0.6 is 11.3 Å². The second-order valence-electron chi connectivity index (χ2n) is 4.57. The highest BCUT2D eigenvalue weighted by Crippen LogP contribution is 2.23. The molecular weight excluding hydrogens is 280 g/mol. The Hall–Kier alpha value is -1.30. The molecule has 0 saturated carbocycles. The summed E-state index contributed by atoms with van der Waals surface area (Å²) in [5, 5.41) is 15.3. The molecular formula is C15H17F2NOS. The third kappa shape index (κ3) is 3.62. The molecule has 5 heteroatoms. The van der Waals surface area contributed by atoms with Crippen LogP contribution in [-0.4, -0.2) is 11.7 Å². The number of halogens is 2. The molecule has 2 nitrogen and oxygen atoms in total. The minimum atomic E-state index is -0.938. The molecule has 2 rings (SSSR count). The van der Waals surface area contributed by atoms with E-state index in [-0.39, 0.29) is 6.04 Å². The number of aliphatic hydroxyl groups is 1. The lowest BCUT2D eigenvalue weighted by Gasteiger charge is -2.18. The highest BCUT2D eigenvalue weighted by molar-refractivity contribution is 7.10. The van der Waals surface area contributed by atoms with Gasteiger partial charge in [-0.2, -0.15) is 0 Å². The third-order valence-electron chi connectivity index (χ3n) is 3.18. The molecule has 1 aromatic heterocycles. The summed E-state index contributed by atoms with van der Waals surface area (Å²) in [7, 11) is 0. The molecule has 0 fully saturated rings. The van der Waals surface area contributed by atoms with E-state index in [0.29, 0.717) is 12.1 Å². The van der Waals surface area contributed by atoms with Gasteiger partial charge in [-0.3, -0.25) is 0 Å². The Morgan fingerprint density at radius 2 is 2.05 bits per heavy atom. The van der Waals surface area contributed by atoms with Crippen molar-refractivity contribution in [3.8, 4) is 0 Å². The van der Waals surface area contributed by atoms with Crippen LogP contribution in [0.5, 0.6) is 0 Å². The number of aliphatic hydroxyl groups excluding tert-OH is 1. The molecule has 2 atom stereocenters. The fourth-order valence-corrected chi connectivity index (χ4v) is 2.91. The molecule has 0 amide bonds. The molecule has 0 spiro atoms. The second-order valence-corrected chi connectivity index (χ2v) is 5.55. The van der Waals surface area contributed by atoms with Gasteiger partial charge in [-0.05, 0) is 35.6 Å². The van der Waals surface area contributed by atoms with E-state index in [1.54, 1.807) is 11.3 Å². The SMILES string of the molecule is CCC(NCC(O)c1ccc(F)c(F)c1)c1cccs1. The van der Waals surface area contributed by atoms with Crippen molar-refractivity contribution in [2.45, 2.75) is 25.5 Å². The normalized spacial score (nSPS) is 14.2. The van der Waals surface area contributed by atoms with E-state index in [1.165, 1.54) is 10.9 Å². The first-order chi connectivity index (χ1) is 9.61. The van der Waals surface area contributed by atoms with Crippen LogP contribution in [0, 0.1) is 11.6 Å². The van der Waals surface area contributed by atoms with Crippen molar-refractivity contribution < 1.29 is 13.9 Å². The van der Waals surface area contributed by atoms with Gasteiger partial charge in [0.15, 0.2) is 11.6 Å². The number of hydrogen-bond donors (Lipinski definition) is 2. The Morgan fingerprint density at radius 3 is 2.65 bits per heavy atom. The van der Waals surface area contributed by atoms with E-state index in [1.807, 2.05) is 17.5 Å². The van der Waals surface area contributed by atoms with Gasteiger partial charge in [0.05, 0.1) is 6.10 Å². The molecule has 0 saturated heterocycles. The van der Waals surface area contributed by atoms with Crippen molar-refractivity contribution in [3.05, 3.63) is 57.8 Å². The number of nitrogens with one attached hydrogen (secondary N) is 1. The average molecular weight is 297 g/mol. The number of hydrogen-bond acceptors (Lipinski definition) is 3. The standard InChI is InChI=1S/C15H17F2NOS/c1-2-13(15-4-3-7-20-15)18-9-14(19)10-5-6-11(16)12(17)8-10/h3-8,13-14,18-19H,2,9H2,1H3. The number of benzene rings is 1. The molecule has 1 aromatic carbocycles. The smallest absolute Gasteiger partial charge is 0.159 e. The van der Waals surface area contributed by atoms with E-state index in [9.17, 15) is 13.9 Å². The van der Waals surface area contributed by atoms with Gasteiger partial charge in [0.2, 0.25) is 0 Å². The summed E-state index contributed by atoms with van der Waals surface area (Å²) in [6.45, 7) is 2.35. The van der Waals surface area contributed by atoms with Crippen molar-refractivity contribution in [2.24, 2.45) is 0 Å². The largest absolute Gasteiger partial charge is 0.387 e. The lowest BCUT2D eigenvalue weighted by molar-refractivity contribution is 0.169. The first-order valence-electron chi connectivity index (χ1n) is 6.51. The van der Waals surface area contributed by atoms with E-state index in [2.05, 4.69) is 12.2 Å². The fraction of sp³-hybridized carbons (Fsp3) is 0.333. The van der Waals surface area contributed by atoms with Crippen molar-refractivity contribution in [3.63, 3.8) is 0 Å². The third-order valence-corrected chi connectivity index (χ3v) is 4.17. The Bertz CT molecular complexity index is 545. The first kappa shape index (κ1) is 15.1. The lowest BCUT2D eigenvalue weighted by Crippen LogP contribution is -2.25. The zero-order chi connectivity index (χ0) is 14.5.